The van der Waals surface area contributed by atoms with Gasteiger partial charge >= 0.3 is 0 Å². The van der Waals surface area contributed by atoms with Gasteiger partial charge in [-0.15, -0.1) is 0 Å². The van der Waals surface area contributed by atoms with Gasteiger partial charge in [0, 0.05) is 23.6 Å². The standard InChI is InChI=1S/C20H18N4O3/c1-27-17-7-5-15(6-8-17)24-19(25)14-9-11-22-18(12-14)20(26)23-13-16-4-2-3-10-21-16/h2-12H,13H2,1H3,(H,23,26)(H,24,25). The van der Waals surface area contributed by atoms with E-state index in [0.717, 1.165) is 5.69 Å². The van der Waals surface area contributed by atoms with Crippen molar-refractivity contribution in [3.05, 3.63) is 83.9 Å². The summed E-state index contributed by atoms with van der Waals surface area (Å²) in [5.74, 6) is -0.00938. The average Bonchev–Trinajstić information content (AvgIpc) is 2.73. The number of benzene rings is 1. The first-order valence-electron chi connectivity index (χ1n) is 8.25. The average molecular weight is 362 g/mol. The first-order chi connectivity index (χ1) is 13.2. The van der Waals surface area contributed by atoms with E-state index in [1.54, 1.807) is 49.7 Å². The van der Waals surface area contributed by atoms with Crippen molar-refractivity contribution >= 4 is 17.5 Å². The number of nitrogens with zero attached hydrogens (tertiary/aromatic N) is 2. The third-order valence-electron chi connectivity index (χ3n) is 3.76. The topological polar surface area (TPSA) is 93.2 Å². The molecule has 27 heavy (non-hydrogen) atoms. The third-order valence-corrected chi connectivity index (χ3v) is 3.76. The fraction of sp³-hybridized carbons (Fsp3) is 0.100. The number of carbonyl (C=O) groups excluding carboxylic acids is 2. The van der Waals surface area contributed by atoms with Crippen LogP contribution in [0.25, 0.3) is 0 Å². The number of carbonyl (C=O) groups is 2. The predicted molar refractivity (Wildman–Crippen MR) is 101 cm³/mol. The first kappa shape index (κ1) is 18.1. The number of rotatable bonds is 6. The Morgan fingerprint density at radius 2 is 1.78 bits per heavy atom. The van der Waals surface area contributed by atoms with Crippen molar-refractivity contribution in [2.75, 3.05) is 12.4 Å². The van der Waals surface area contributed by atoms with Gasteiger partial charge in [0.25, 0.3) is 11.8 Å². The Labute approximate surface area is 156 Å². The zero-order chi connectivity index (χ0) is 19.1. The van der Waals surface area contributed by atoms with E-state index < -0.39 is 0 Å². The van der Waals surface area contributed by atoms with Crippen LogP contribution in [0.1, 0.15) is 26.5 Å². The van der Waals surface area contributed by atoms with Crippen LogP contribution < -0.4 is 15.4 Å². The minimum absolute atomic E-state index is 0.160. The van der Waals surface area contributed by atoms with Crippen LogP contribution in [0.5, 0.6) is 5.75 Å². The van der Waals surface area contributed by atoms with Gasteiger partial charge < -0.3 is 15.4 Å². The molecule has 0 spiro atoms. The number of methoxy groups -OCH3 is 1. The second-order valence-corrected chi connectivity index (χ2v) is 5.62. The molecule has 0 radical (unpaired) electrons. The molecule has 0 fully saturated rings. The lowest BCUT2D eigenvalue weighted by Gasteiger charge is -2.08. The largest absolute Gasteiger partial charge is 0.497 e. The van der Waals surface area contributed by atoms with Crippen molar-refractivity contribution in [2.45, 2.75) is 6.54 Å². The lowest BCUT2D eigenvalue weighted by molar-refractivity contribution is 0.0945. The van der Waals surface area contributed by atoms with E-state index in [2.05, 4.69) is 20.6 Å². The molecular weight excluding hydrogens is 344 g/mol. The Bertz CT molecular complexity index is 927. The minimum atomic E-state index is -0.375. The Balaban J connectivity index is 1.64. The van der Waals surface area contributed by atoms with Crippen LogP contribution in [0.2, 0.25) is 0 Å². The van der Waals surface area contributed by atoms with E-state index >= 15 is 0 Å². The van der Waals surface area contributed by atoms with Crippen LogP contribution in [0.4, 0.5) is 5.69 Å². The highest BCUT2D eigenvalue weighted by atomic mass is 16.5. The van der Waals surface area contributed by atoms with Crippen molar-refractivity contribution in [3.63, 3.8) is 0 Å². The lowest BCUT2D eigenvalue weighted by Crippen LogP contribution is -2.24. The number of pyridine rings is 2. The summed E-state index contributed by atoms with van der Waals surface area (Å²) in [5.41, 5.74) is 1.86. The van der Waals surface area contributed by atoms with E-state index in [1.807, 2.05) is 12.1 Å². The van der Waals surface area contributed by atoms with Crippen molar-refractivity contribution in [1.82, 2.24) is 15.3 Å². The van der Waals surface area contributed by atoms with E-state index in [0.29, 0.717) is 17.0 Å². The molecule has 0 aliphatic carbocycles. The van der Waals surface area contributed by atoms with Crippen LogP contribution >= 0.6 is 0 Å². The summed E-state index contributed by atoms with van der Waals surface area (Å²) in [6.07, 6.45) is 3.09. The smallest absolute Gasteiger partial charge is 0.270 e. The molecule has 0 aliphatic rings. The summed E-state index contributed by atoms with van der Waals surface area (Å²) in [5, 5.41) is 5.50. The van der Waals surface area contributed by atoms with Gasteiger partial charge in [-0.1, -0.05) is 6.07 Å². The number of nitrogens with one attached hydrogen (secondary N) is 2. The molecule has 2 amide bonds. The fourth-order valence-electron chi connectivity index (χ4n) is 2.34. The van der Waals surface area contributed by atoms with Crippen molar-refractivity contribution in [2.24, 2.45) is 0 Å². The molecule has 0 saturated carbocycles. The molecule has 7 nitrogen and oxygen atoms in total. The van der Waals surface area contributed by atoms with Gasteiger partial charge in [0.15, 0.2) is 0 Å². The van der Waals surface area contributed by atoms with E-state index in [9.17, 15) is 9.59 Å². The number of anilines is 1. The Morgan fingerprint density at radius 1 is 0.963 bits per heavy atom. The molecule has 0 saturated heterocycles. The number of hydrogen-bond donors (Lipinski definition) is 2. The zero-order valence-corrected chi connectivity index (χ0v) is 14.7. The molecule has 7 heteroatoms. The van der Waals surface area contributed by atoms with Crippen LogP contribution in [-0.2, 0) is 6.54 Å². The molecule has 3 rings (SSSR count). The van der Waals surface area contributed by atoms with Gasteiger partial charge in [-0.05, 0) is 48.5 Å². The highest BCUT2D eigenvalue weighted by molar-refractivity contribution is 6.05. The van der Waals surface area contributed by atoms with Gasteiger partial charge in [0.1, 0.15) is 11.4 Å². The molecule has 0 bridgehead atoms. The highest BCUT2D eigenvalue weighted by Crippen LogP contribution is 2.16. The molecule has 2 heterocycles. The second-order valence-electron chi connectivity index (χ2n) is 5.62. The van der Waals surface area contributed by atoms with E-state index in [1.165, 1.54) is 12.3 Å². The van der Waals surface area contributed by atoms with E-state index in [-0.39, 0.29) is 24.1 Å². The maximum absolute atomic E-state index is 12.4. The molecule has 136 valence electrons. The van der Waals surface area contributed by atoms with Crippen LogP contribution in [0, 0.1) is 0 Å². The predicted octanol–water partition coefficient (Wildman–Crippen LogP) is 2.67. The number of aromatic nitrogens is 2. The van der Waals surface area contributed by atoms with Gasteiger partial charge in [-0.2, -0.15) is 0 Å². The molecule has 2 N–H and O–H groups in total. The summed E-state index contributed by atoms with van der Waals surface area (Å²) in [6, 6.07) is 15.4. The Hall–Kier alpha value is -3.74. The van der Waals surface area contributed by atoms with Crippen molar-refractivity contribution in [3.8, 4) is 5.75 Å². The van der Waals surface area contributed by atoms with Gasteiger partial charge in [0.2, 0.25) is 0 Å². The summed E-state index contributed by atoms with van der Waals surface area (Å²) in [4.78, 5) is 32.9. The maximum Gasteiger partial charge on any atom is 0.270 e. The van der Waals surface area contributed by atoms with Crippen molar-refractivity contribution < 1.29 is 14.3 Å². The quantitative estimate of drug-likeness (QED) is 0.703. The second kappa shape index (κ2) is 8.57. The summed E-state index contributed by atoms with van der Waals surface area (Å²) >= 11 is 0. The zero-order valence-electron chi connectivity index (χ0n) is 14.7. The van der Waals surface area contributed by atoms with Crippen LogP contribution in [-0.4, -0.2) is 28.9 Å². The Kier molecular flexibility index (Phi) is 5.73. The Morgan fingerprint density at radius 3 is 2.48 bits per heavy atom. The van der Waals surface area contributed by atoms with E-state index in [4.69, 9.17) is 4.74 Å². The number of amides is 2. The first-order valence-corrected chi connectivity index (χ1v) is 8.25. The molecular formula is C20H18N4O3. The molecule has 0 atom stereocenters. The maximum atomic E-state index is 12.4. The lowest BCUT2D eigenvalue weighted by atomic mass is 10.2. The molecule has 0 aliphatic heterocycles. The third kappa shape index (κ3) is 4.88. The fourth-order valence-corrected chi connectivity index (χ4v) is 2.34. The molecule has 3 aromatic rings. The molecule has 1 aromatic carbocycles. The normalized spacial score (nSPS) is 10.1. The highest BCUT2D eigenvalue weighted by Gasteiger charge is 2.12. The number of hydrogen-bond acceptors (Lipinski definition) is 5. The minimum Gasteiger partial charge on any atom is -0.497 e. The van der Waals surface area contributed by atoms with Gasteiger partial charge in [-0.3, -0.25) is 19.6 Å². The van der Waals surface area contributed by atoms with Gasteiger partial charge in [-0.25, -0.2) is 0 Å². The van der Waals surface area contributed by atoms with Crippen molar-refractivity contribution in [1.29, 1.82) is 0 Å². The summed E-state index contributed by atoms with van der Waals surface area (Å²) in [7, 11) is 1.57. The number of ether oxygens (including phenoxy) is 1. The summed E-state index contributed by atoms with van der Waals surface area (Å²) < 4.78 is 5.09. The van der Waals surface area contributed by atoms with Crippen LogP contribution in [0.15, 0.2) is 67.0 Å². The van der Waals surface area contributed by atoms with Crippen LogP contribution in [0.3, 0.4) is 0 Å². The van der Waals surface area contributed by atoms with Gasteiger partial charge in [0.05, 0.1) is 19.3 Å². The summed E-state index contributed by atoms with van der Waals surface area (Å²) in [6.45, 7) is 0.281. The molecule has 0 unspecified atom stereocenters. The molecule has 2 aromatic heterocycles. The monoisotopic (exact) mass is 362 g/mol. The SMILES string of the molecule is COc1ccc(NC(=O)c2ccnc(C(=O)NCc3ccccn3)c2)cc1.